The number of fused-ring (bicyclic) bond motifs is 2. The summed E-state index contributed by atoms with van der Waals surface area (Å²) in [5.74, 6) is 0. The molecule has 0 aromatic carbocycles. The van der Waals surface area contributed by atoms with Crippen LogP contribution in [-0.4, -0.2) is 8.07 Å². The second-order valence-corrected chi connectivity index (χ2v) is 15.2. The number of halogens is 2. The first kappa shape index (κ1) is 16.7. The van der Waals surface area contributed by atoms with E-state index in [0.717, 1.165) is 0 Å². The summed E-state index contributed by atoms with van der Waals surface area (Å²) in [5, 5.41) is 3.53. The molecular weight excluding hydrogens is 446 g/mol. The molecular formula is C14H18Cl2HfSi. The standard InChI is InChI=1S/C14H18Si.2ClH.Hf/c1-11-7-5-9-13(11)15(3,4)14-10-6-8-12(14)2;;;/h9-10H,5-6H2,1-4H3;2*1H;/q;;;+2/p-2. The molecule has 4 bridgehead atoms. The Balaban J connectivity index is 0.000000810. The SMILES string of the molecule is CC1=[C]2CC=C1[Si](C)(C)C1=CC[C](=C1C)[Hf+2]2.[Cl-].[Cl-]. The van der Waals surface area contributed by atoms with E-state index in [-0.39, 0.29) is 24.8 Å². The van der Waals surface area contributed by atoms with E-state index in [2.05, 4.69) is 39.1 Å². The van der Waals surface area contributed by atoms with Gasteiger partial charge >= 0.3 is 111 Å². The van der Waals surface area contributed by atoms with E-state index >= 15 is 0 Å². The van der Waals surface area contributed by atoms with Crippen molar-refractivity contribution >= 4 is 8.07 Å². The molecule has 3 aliphatic rings. The van der Waals surface area contributed by atoms with Crippen LogP contribution in [0.1, 0.15) is 26.7 Å². The van der Waals surface area contributed by atoms with E-state index in [1.807, 2.05) is 6.66 Å². The molecule has 96 valence electrons. The van der Waals surface area contributed by atoms with Gasteiger partial charge in [0.15, 0.2) is 0 Å². The smallest absolute Gasteiger partial charge is 1.00 e. The molecule has 2 aliphatic carbocycles. The third-order valence-electron chi connectivity index (χ3n) is 4.38. The van der Waals surface area contributed by atoms with Crippen molar-refractivity contribution in [2.75, 3.05) is 0 Å². The Morgan fingerprint density at radius 3 is 1.67 bits per heavy atom. The predicted molar refractivity (Wildman–Crippen MR) is 68.3 cm³/mol. The van der Waals surface area contributed by atoms with Crippen molar-refractivity contribution < 1.29 is 47.7 Å². The van der Waals surface area contributed by atoms with Gasteiger partial charge in [-0.3, -0.25) is 0 Å². The number of rotatable bonds is 0. The molecule has 0 saturated carbocycles. The van der Waals surface area contributed by atoms with Gasteiger partial charge in [0.25, 0.3) is 0 Å². The van der Waals surface area contributed by atoms with Crippen LogP contribution >= 0.6 is 0 Å². The van der Waals surface area contributed by atoms with E-state index in [4.69, 9.17) is 0 Å². The van der Waals surface area contributed by atoms with E-state index in [1.165, 1.54) is 12.8 Å². The van der Waals surface area contributed by atoms with Crippen LogP contribution in [0, 0.1) is 0 Å². The molecule has 0 aromatic rings. The second kappa shape index (κ2) is 5.55. The largest absolute Gasteiger partial charge is 1.00 e. The van der Waals surface area contributed by atoms with Gasteiger partial charge in [-0.15, -0.1) is 0 Å². The quantitative estimate of drug-likeness (QED) is 0.368. The number of allylic oxidation sites excluding steroid dienone is 8. The molecule has 0 amide bonds. The minimum absolute atomic E-state index is 0. The Bertz CT molecular complexity index is 466. The molecule has 0 nitrogen and oxygen atoms in total. The Morgan fingerprint density at radius 1 is 0.889 bits per heavy atom. The van der Waals surface area contributed by atoms with Gasteiger partial charge < -0.3 is 24.8 Å². The van der Waals surface area contributed by atoms with Crippen molar-refractivity contribution in [3.8, 4) is 0 Å². The maximum absolute atomic E-state index is 2.57. The van der Waals surface area contributed by atoms with Crippen LogP contribution in [0.4, 0.5) is 0 Å². The molecule has 0 atom stereocenters. The third kappa shape index (κ3) is 2.23. The van der Waals surface area contributed by atoms with Crippen molar-refractivity contribution in [3.63, 3.8) is 0 Å². The Hall–Kier alpha value is 0.627. The number of hydrogen-bond donors (Lipinski definition) is 0. The molecule has 4 heteroatoms. The normalized spacial score (nSPS) is 22.9. The van der Waals surface area contributed by atoms with Gasteiger partial charge in [-0.25, -0.2) is 0 Å². The van der Waals surface area contributed by atoms with Crippen molar-refractivity contribution in [1.29, 1.82) is 0 Å². The van der Waals surface area contributed by atoms with E-state index < -0.39 is 31.0 Å². The summed E-state index contributed by atoms with van der Waals surface area (Å²) in [4.78, 5) is 0. The zero-order chi connectivity index (χ0) is 11.5. The summed E-state index contributed by atoms with van der Waals surface area (Å²) in [5.41, 5.74) is 3.44. The third-order valence-corrected chi connectivity index (χ3v) is 14.6. The second-order valence-electron chi connectivity index (χ2n) is 5.60. The van der Waals surface area contributed by atoms with Crippen LogP contribution in [0.25, 0.3) is 0 Å². The molecule has 0 radical (unpaired) electrons. The summed E-state index contributed by atoms with van der Waals surface area (Å²) in [7, 11) is -1.34. The molecule has 1 aliphatic heterocycles. The topological polar surface area (TPSA) is 0 Å². The van der Waals surface area contributed by atoms with E-state index in [9.17, 15) is 0 Å². The number of hydrogen-bond acceptors (Lipinski definition) is 0. The monoisotopic (exact) mass is 464 g/mol. The Morgan fingerprint density at radius 2 is 1.28 bits per heavy atom. The zero-order valence-electron chi connectivity index (χ0n) is 11.3. The summed E-state index contributed by atoms with van der Waals surface area (Å²) in [6.45, 7) is 9.89. The van der Waals surface area contributed by atoms with Crippen LogP contribution < -0.4 is 24.8 Å². The maximum Gasteiger partial charge on any atom is -1.00 e. The first-order valence-corrected chi connectivity index (χ1v) is 12.7. The van der Waals surface area contributed by atoms with Gasteiger partial charge in [-0.1, -0.05) is 0 Å². The molecule has 0 fully saturated rings. The Kier molecular flexibility index (Phi) is 5.14. The van der Waals surface area contributed by atoms with E-state index in [1.54, 1.807) is 21.5 Å². The zero-order valence-corrected chi connectivity index (χ0v) is 17.4. The summed E-state index contributed by atoms with van der Waals surface area (Å²) in [6.07, 6.45) is 7.76. The van der Waals surface area contributed by atoms with Crippen molar-refractivity contribution in [1.82, 2.24) is 0 Å². The fraction of sp³-hybridized carbons (Fsp3) is 0.429. The van der Waals surface area contributed by atoms with Crippen molar-refractivity contribution in [3.05, 3.63) is 40.4 Å². The molecule has 1 heterocycles. The van der Waals surface area contributed by atoms with Gasteiger partial charge in [0.05, 0.1) is 0 Å². The van der Waals surface area contributed by atoms with Gasteiger partial charge in [-0.2, -0.15) is 0 Å². The summed E-state index contributed by atoms with van der Waals surface area (Å²) < 4.78 is 3.78. The van der Waals surface area contributed by atoms with Crippen molar-refractivity contribution in [2.45, 2.75) is 39.8 Å². The van der Waals surface area contributed by atoms with Crippen molar-refractivity contribution in [2.24, 2.45) is 0 Å². The average molecular weight is 464 g/mol. The fourth-order valence-electron chi connectivity index (χ4n) is 3.41. The first-order valence-electron chi connectivity index (χ1n) is 6.10. The maximum atomic E-state index is 2.57. The molecule has 0 unspecified atom stereocenters. The van der Waals surface area contributed by atoms with E-state index in [0.29, 0.717) is 0 Å². The van der Waals surface area contributed by atoms with Crippen LogP contribution in [-0.2, 0) is 22.9 Å². The Labute approximate surface area is 135 Å². The molecule has 3 rings (SSSR count). The van der Waals surface area contributed by atoms with Gasteiger partial charge in [-0.05, 0) is 0 Å². The minimum Gasteiger partial charge on any atom is -1.00 e. The molecule has 0 aromatic heterocycles. The van der Waals surface area contributed by atoms with Crippen LogP contribution in [0.15, 0.2) is 40.4 Å². The van der Waals surface area contributed by atoms with Crippen LogP contribution in [0.3, 0.4) is 0 Å². The fourth-order valence-corrected chi connectivity index (χ4v) is 13.1. The first-order chi connectivity index (χ1) is 7.51. The molecule has 0 N–H and O–H groups in total. The van der Waals surface area contributed by atoms with Gasteiger partial charge in [0.1, 0.15) is 0 Å². The van der Waals surface area contributed by atoms with Crippen LogP contribution in [0.2, 0.25) is 13.1 Å². The summed E-state index contributed by atoms with van der Waals surface area (Å²) in [6, 6.07) is 0. The molecule has 18 heavy (non-hydrogen) atoms. The van der Waals surface area contributed by atoms with Gasteiger partial charge in [0.2, 0.25) is 0 Å². The van der Waals surface area contributed by atoms with Gasteiger partial charge in [0, 0.05) is 0 Å². The predicted octanol–water partition coefficient (Wildman–Crippen LogP) is -1.91. The summed E-state index contributed by atoms with van der Waals surface area (Å²) >= 11 is -0.640. The minimum atomic E-state index is -1.34. The molecule has 0 saturated heterocycles. The van der Waals surface area contributed by atoms with Crippen LogP contribution in [0.5, 0.6) is 0 Å². The molecule has 0 spiro atoms. The average Bonchev–Trinajstić information content (AvgIpc) is 2.75.